The van der Waals surface area contributed by atoms with Gasteiger partial charge < -0.3 is 19.3 Å². The van der Waals surface area contributed by atoms with E-state index in [1.807, 2.05) is 0 Å². The van der Waals surface area contributed by atoms with Crippen molar-refractivity contribution in [1.82, 2.24) is 4.90 Å². The van der Waals surface area contributed by atoms with E-state index in [0.717, 1.165) is 17.0 Å². The van der Waals surface area contributed by atoms with Gasteiger partial charge in [0.1, 0.15) is 5.75 Å². The Bertz CT molecular complexity index is 736. The predicted molar refractivity (Wildman–Crippen MR) is 79.4 cm³/mol. The molecule has 0 spiro atoms. The number of hydrogen-bond donors (Lipinski definition) is 2. The zero-order valence-corrected chi connectivity index (χ0v) is 13.6. The number of amides is 1. The van der Waals surface area contributed by atoms with Crippen LogP contribution in [0.5, 0.6) is 5.75 Å². The van der Waals surface area contributed by atoms with Crippen molar-refractivity contribution < 1.29 is 40.8 Å². The highest BCUT2D eigenvalue weighted by atomic mass is 32.2. The molecule has 1 saturated heterocycles. The van der Waals surface area contributed by atoms with Gasteiger partial charge in [0.15, 0.2) is 0 Å². The summed E-state index contributed by atoms with van der Waals surface area (Å²) in [5.41, 5.74) is -5.52. The zero-order valence-electron chi connectivity index (χ0n) is 12.8. The number of aliphatic hydroxyl groups is 1. The lowest BCUT2D eigenvalue weighted by Gasteiger charge is -2.36. The summed E-state index contributed by atoms with van der Waals surface area (Å²) in [6.07, 6.45) is -0.837. The molecule has 140 valence electrons. The Morgan fingerprint density at radius 2 is 2.00 bits per heavy atom. The van der Waals surface area contributed by atoms with Crippen LogP contribution in [0, 0.1) is 0 Å². The van der Waals surface area contributed by atoms with Gasteiger partial charge in [0, 0.05) is 6.54 Å². The lowest BCUT2D eigenvalue weighted by molar-refractivity contribution is -0.0500. The first-order valence-corrected chi connectivity index (χ1v) is 8.72. The Morgan fingerprint density at radius 3 is 2.60 bits per heavy atom. The fourth-order valence-electron chi connectivity index (χ4n) is 2.67. The van der Waals surface area contributed by atoms with Crippen molar-refractivity contribution in [1.29, 1.82) is 0 Å². The van der Waals surface area contributed by atoms with Crippen molar-refractivity contribution >= 4 is 16.2 Å². The number of carboxylic acid groups (broad SMARTS) is 1. The number of benzene rings is 1. The lowest BCUT2D eigenvalue weighted by atomic mass is 9.93. The van der Waals surface area contributed by atoms with Crippen molar-refractivity contribution in [3.8, 4) is 5.75 Å². The van der Waals surface area contributed by atoms with Crippen LogP contribution < -0.4 is 4.18 Å². The molecule has 1 fully saturated rings. The molecule has 1 amide bonds. The Kier molecular flexibility index (Phi) is 5.47. The zero-order chi connectivity index (χ0) is 18.8. The van der Waals surface area contributed by atoms with Gasteiger partial charge in [-0.15, -0.1) is 0 Å². The summed E-state index contributed by atoms with van der Waals surface area (Å²) in [5, 5.41) is 19.6. The minimum atomic E-state index is -5.83. The molecule has 25 heavy (non-hydrogen) atoms. The van der Waals surface area contributed by atoms with Gasteiger partial charge in [-0.25, -0.2) is 4.79 Å². The number of carbonyl (C=O) groups is 1. The van der Waals surface area contributed by atoms with E-state index in [-0.39, 0.29) is 12.1 Å². The largest absolute Gasteiger partial charge is 0.534 e. The molecule has 0 aliphatic carbocycles. The Labute approximate surface area is 141 Å². The van der Waals surface area contributed by atoms with E-state index < -0.39 is 39.6 Å². The fraction of sp³-hybridized carbons (Fsp3) is 0.500. The van der Waals surface area contributed by atoms with E-state index in [0.29, 0.717) is 19.3 Å². The first kappa shape index (κ1) is 19.3. The van der Waals surface area contributed by atoms with Crippen LogP contribution in [0.25, 0.3) is 0 Å². The maximum Gasteiger partial charge on any atom is 0.534 e. The van der Waals surface area contributed by atoms with Crippen LogP contribution in [-0.2, 0) is 10.1 Å². The summed E-state index contributed by atoms with van der Waals surface area (Å²) in [7, 11) is -5.83. The van der Waals surface area contributed by atoms with Crippen molar-refractivity contribution in [3.63, 3.8) is 0 Å². The Morgan fingerprint density at radius 1 is 1.32 bits per heavy atom. The third-order valence-corrected chi connectivity index (χ3v) is 4.83. The molecule has 7 nitrogen and oxygen atoms in total. The van der Waals surface area contributed by atoms with E-state index in [9.17, 15) is 36.6 Å². The second-order valence-corrected chi connectivity index (χ2v) is 7.08. The number of likely N-dealkylation sites (tertiary alicyclic amines) is 1. The second-order valence-electron chi connectivity index (χ2n) is 5.54. The third kappa shape index (κ3) is 4.34. The van der Waals surface area contributed by atoms with E-state index >= 15 is 0 Å². The Hall–Kier alpha value is -2.01. The topological polar surface area (TPSA) is 104 Å². The molecule has 1 aromatic rings. The Balaban J connectivity index is 2.24. The normalized spacial score (nSPS) is 20.2. The number of hydrogen-bond acceptors (Lipinski definition) is 5. The minimum Gasteiger partial charge on any atom is -0.465 e. The summed E-state index contributed by atoms with van der Waals surface area (Å²) in [4.78, 5) is 12.3. The number of nitrogens with zero attached hydrogens (tertiary/aromatic N) is 1. The molecular formula is C14H16F3NO6S. The van der Waals surface area contributed by atoms with Crippen LogP contribution in [0.2, 0.25) is 0 Å². The van der Waals surface area contributed by atoms with Crippen LogP contribution in [0.15, 0.2) is 24.3 Å². The van der Waals surface area contributed by atoms with Gasteiger partial charge in [0.25, 0.3) is 0 Å². The summed E-state index contributed by atoms with van der Waals surface area (Å²) in [6.45, 7) is 0.232. The highest BCUT2D eigenvalue weighted by Crippen LogP contribution is 2.32. The highest BCUT2D eigenvalue weighted by molar-refractivity contribution is 7.88. The number of piperidine rings is 1. The van der Waals surface area contributed by atoms with Gasteiger partial charge >= 0.3 is 21.7 Å². The number of rotatable bonds is 4. The quantitative estimate of drug-likeness (QED) is 0.612. The van der Waals surface area contributed by atoms with Crippen LogP contribution in [-0.4, -0.2) is 47.7 Å². The van der Waals surface area contributed by atoms with Gasteiger partial charge in [-0.2, -0.15) is 21.6 Å². The highest BCUT2D eigenvalue weighted by Gasteiger charge is 2.48. The molecule has 1 aliphatic rings. The van der Waals surface area contributed by atoms with Crippen LogP contribution in [0.3, 0.4) is 0 Å². The fourth-order valence-corrected chi connectivity index (χ4v) is 3.12. The second kappa shape index (κ2) is 7.08. The average molecular weight is 383 g/mol. The van der Waals surface area contributed by atoms with Crippen molar-refractivity contribution in [2.75, 3.05) is 6.54 Å². The molecule has 2 atom stereocenters. The van der Waals surface area contributed by atoms with Gasteiger partial charge in [-0.05, 0) is 37.0 Å². The standard InChI is InChI=1S/C14H16F3NO6S/c15-14(16,17)25(22,23)24-10-5-3-4-9(8-10)12(19)11-6-1-2-7-18(11)13(20)21/h3-5,8,11-12,19H,1-2,6-7H2,(H,20,21)/t11?,12-/m0/s1. The monoisotopic (exact) mass is 383 g/mol. The molecule has 1 unspecified atom stereocenters. The number of aliphatic hydroxyl groups excluding tert-OH is 1. The molecule has 2 N–H and O–H groups in total. The molecule has 2 rings (SSSR count). The number of alkyl halides is 3. The first-order chi connectivity index (χ1) is 11.5. The minimum absolute atomic E-state index is 0.0630. The predicted octanol–water partition coefficient (Wildman–Crippen LogP) is 2.48. The molecule has 1 aliphatic heterocycles. The molecule has 11 heteroatoms. The smallest absolute Gasteiger partial charge is 0.465 e. The lowest BCUT2D eigenvalue weighted by Crippen LogP contribution is -2.46. The van der Waals surface area contributed by atoms with Crippen LogP contribution in [0.4, 0.5) is 18.0 Å². The number of halogens is 3. The molecule has 1 aromatic carbocycles. The summed E-state index contributed by atoms with van der Waals surface area (Å²) >= 11 is 0. The summed E-state index contributed by atoms with van der Waals surface area (Å²) in [5.74, 6) is -0.619. The molecular weight excluding hydrogens is 367 g/mol. The molecule has 0 bridgehead atoms. The molecule has 0 saturated carbocycles. The van der Waals surface area contributed by atoms with Gasteiger partial charge in [-0.1, -0.05) is 12.1 Å². The van der Waals surface area contributed by atoms with Gasteiger partial charge in [0.05, 0.1) is 12.1 Å². The van der Waals surface area contributed by atoms with Crippen LogP contribution >= 0.6 is 0 Å². The third-order valence-electron chi connectivity index (χ3n) is 3.85. The SMILES string of the molecule is O=C(O)N1CCCCC1[C@@H](O)c1cccc(OS(=O)(=O)C(F)(F)F)c1. The maximum atomic E-state index is 12.4. The summed E-state index contributed by atoms with van der Waals surface area (Å²) < 4.78 is 63.2. The molecule has 0 radical (unpaired) electrons. The van der Waals surface area contributed by atoms with E-state index in [4.69, 9.17) is 0 Å². The van der Waals surface area contributed by atoms with E-state index in [2.05, 4.69) is 4.18 Å². The van der Waals surface area contributed by atoms with Crippen LogP contribution in [0.1, 0.15) is 30.9 Å². The van der Waals surface area contributed by atoms with E-state index in [1.165, 1.54) is 12.1 Å². The first-order valence-electron chi connectivity index (χ1n) is 7.31. The molecule has 1 heterocycles. The summed E-state index contributed by atoms with van der Waals surface area (Å²) in [6, 6.07) is 3.73. The van der Waals surface area contributed by atoms with Crippen molar-refractivity contribution in [3.05, 3.63) is 29.8 Å². The van der Waals surface area contributed by atoms with Gasteiger partial charge in [-0.3, -0.25) is 0 Å². The van der Waals surface area contributed by atoms with Crippen molar-refractivity contribution in [2.24, 2.45) is 0 Å². The van der Waals surface area contributed by atoms with E-state index in [1.54, 1.807) is 0 Å². The van der Waals surface area contributed by atoms with Crippen molar-refractivity contribution in [2.45, 2.75) is 36.9 Å². The van der Waals surface area contributed by atoms with Gasteiger partial charge in [0.2, 0.25) is 0 Å². The average Bonchev–Trinajstić information content (AvgIpc) is 2.53. The maximum absolute atomic E-state index is 12.4. The molecule has 0 aromatic heterocycles.